The van der Waals surface area contributed by atoms with Crippen molar-refractivity contribution in [3.63, 3.8) is 0 Å². The third kappa shape index (κ3) is 2.54. The van der Waals surface area contributed by atoms with Crippen LogP contribution in [-0.2, 0) is 11.2 Å². The first-order valence-corrected chi connectivity index (χ1v) is 7.07. The Labute approximate surface area is 106 Å². The lowest BCUT2D eigenvalue weighted by Crippen LogP contribution is -2.31. The number of ketones is 1. The minimum absolute atomic E-state index is 0.201. The minimum atomic E-state index is -0.201. The second-order valence-corrected chi connectivity index (χ2v) is 6.60. The van der Waals surface area contributed by atoms with Gasteiger partial charge < -0.3 is 0 Å². The lowest BCUT2D eigenvalue weighted by molar-refractivity contribution is -0.120. The van der Waals surface area contributed by atoms with Crippen LogP contribution in [0.4, 0.5) is 0 Å². The Kier molecular flexibility index (Phi) is 3.56. The summed E-state index contributed by atoms with van der Waals surface area (Å²) in [6.45, 7) is 6.16. The summed E-state index contributed by atoms with van der Waals surface area (Å²) >= 11 is 1.78. The smallest absolute Gasteiger partial charge is 0.156 e. The Morgan fingerprint density at radius 1 is 1.65 bits per heavy atom. The maximum atomic E-state index is 12.3. The van der Waals surface area contributed by atoms with Gasteiger partial charge in [0.1, 0.15) is 12.2 Å². The Bertz CT molecular complexity index is 408. The molecule has 0 bridgehead atoms. The maximum Gasteiger partial charge on any atom is 0.156 e. The molecule has 0 spiro atoms. The van der Waals surface area contributed by atoms with Gasteiger partial charge in [-0.25, -0.2) is 9.67 Å². The first-order valence-electron chi connectivity index (χ1n) is 6.08. The second kappa shape index (κ2) is 4.80. The van der Waals surface area contributed by atoms with Crippen molar-refractivity contribution in [3.05, 3.63) is 12.2 Å². The van der Waals surface area contributed by atoms with Crippen LogP contribution in [-0.4, -0.2) is 31.0 Å². The third-order valence-electron chi connectivity index (χ3n) is 3.26. The van der Waals surface area contributed by atoms with E-state index in [4.69, 9.17) is 0 Å². The van der Waals surface area contributed by atoms with Gasteiger partial charge in [-0.3, -0.25) is 4.79 Å². The van der Waals surface area contributed by atoms with Crippen molar-refractivity contribution in [2.75, 3.05) is 5.75 Å². The Morgan fingerprint density at radius 3 is 3.00 bits per heavy atom. The molecule has 1 atom stereocenters. The van der Waals surface area contributed by atoms with E-state index in [0.29, 0.717) is 6.42 Å². The number of Topliss-reactive ketones (excluding diaryl/α,β-unsaturated/α-hetero) is 1. The highest BCUT2D eigenvalue weighted by Gasteiger charge is 2.37. The Morgan fingerprint density at radius 2 is 2.41 bits per heavy atom. The van der Waals surface area contributed by atoms with Gasteiger partial charge in [0, 0.05) is 6.04 Å². The number of aromatic nitrogens is 3. The number of hydrogen-bond donors (Lipinski definition) is 0. The number of carbonyl (C=O) groups excluding carboxylic acids is 1. The zero-order chi connectivity index (χ0) is 12.5. The maximum absolute atomic E-state index is 12.3. The summed E-state index contributed by atoms with van der Waals surface area (Å²) in [6.07, 6.45) is 4.07. The van der Waals surface area contributed by atoms with Gasteiger partial charge in [0.25, 0.3) is 0 Å². The molecule has 17 heavy (non-hydrogen) atoms. The molecular formula is C12H19N3OS. The minimum Gasteiger partial charge on any atom is -0.298 e. The lowest BCUT2D eigenvalue weighted by atomic mass is 9.98. The topological polar surface area (TPSA) is 47.8 Å². The molecule has 94 valence electrons. The lowest BCUT2D eigenvalue weighted by Gasteiger charge is -2.20. The average molecular weight is 253 g/mol. The third-order valence-corrected chi connectivity index (χ3v) is 4.83. The number of thioether (sulfide) groups is 1. The SMILES string of the molecule is CC(C)n1ncnc1CC(=O)C1(C)CCCS1. The van der Waals surface area contributed by atoms with E-state index in [0.717, 1.165) is 24.4 Å². The number of rotatable bonds is 4. The van der Waals surface area contributed by atoms with Gasteiger partial charge in [-0.05, 0) is 39.4 Å². The molecule has 0 aliphatic carbocycles. The van der Waals surface area contributed by atoms with Crippen molar-refractivity contribution in [2.24, 2.45) is 0 Å². The normalized spacial score (nSPS) is 24.5. The van der Waals surface area contributed by atoms with Crippen LogP contribution in [0, 0.1) is 0 Å². The predicted octanol–water partition coefficient (Wildman–Crippen LogP) is 2.26. The zero-order valence-electron chi connectivity index (χ0n) is 10.6. The molecule has 5 heteroatoms. The molecule has 2 rings (SSSR count). The van der Waals surface area contributed by atoms with Crippen molar-refractivity contribution in [1.29, 1.82) is 0 Å². The molecule has 0 amide bonds. The second-order valence-electron chi connectivity index (χ2n) is 5.00. The molecular weight excluding hydrogens is 234 g/mol. The Hall–Kier alpha value is -0.840. The average Bonchev–Trinajstić information content (AvgIpc) is 2.87. The van der Waals surface area contributed by atoms with Crippen molar-refractivity contribution >= 4 is 17.5 Å². The van der Waals surface area contributed by atoms with E-state index in [1.165, 1.54) is 6.33 Å². The highest BCUT2D eigenvalue weighted by molar-refractivity contribution is 8.01. The van der Waals surface area contributed by atoms with E-state index in [1.54, 1.807) is 11.8 Å². The van der Waals surface area contributed by atoms with Gasteiger partial charge in [-0.1, -0.05) is 0 Å². The first kappa shape index (κ1) is 12.6. The van der Waals surface area contributed by atoms with Crippen LogP contribution in [0.3, 0.4) is 0 Å². The largest absolute Gasteiger partial charge is 0.298 e. The Balaban J connectivity index is 2.10. The monoisotopic (exact) mass is 253 g/mol. The van der Waals surface area contributed by atoms with Crippen LogP contribution in [0.2, 0.25) is 0 Å². The zero-order valence-corrected chi connectivity index (χ0v) is 11.5. The fourth-order valence-corrected chi connectivity index (χ4v) is 3.42. The van der Waals surface area contributed by atoms with E-state index < -0.39 is 0 Å². The van der Waals surface area contributed by atoms with Crippen LogP contribution in [0.15, 0.2) is 6.33 Å². The molecule has 0 N–H and O–H groups in total. The number of hydrogen-bond acceptors (Lipinski definition) is 4. The molecule has 4 nitrogen and oxygen atoms in total. The summed E-state index contributed by atoms with van der Waals surface area (Å²) in [7, 11) is 0. The van der Waals surface area contributed by atoms with Crippen molar-refractivity contribution in [1.82, 2.24) is 14.8 Å². The molecule has 1 aliphatic rings. The molecule has 2 heterocycles. The fraction of sp³-hybridized carbons (Fsp3) is 0.750. The molecule has 0 saturated carbocycles. The van der Waals surface area contributed by atoms with Gasteiger partial charge in [-0.2, -0.15) is 5.10 Å². The number of nitrogens with zero attached hydrogens (tertiary/aromatic N) is 3. The summed E-state index contributed by atoms with van der Waals surface area (Å²) < 4.78 is 1.63. The van der Waals surface area contributed by atoms with Crippen molar-refractivity contribution < 1.29 is 4.79 Å². The fourth-order valence-electron chi connectivity index (χ4n) is 2.16. The first-order chi connectivity index (χ1) is 8.03. The molecule has 1 saturated heterocycles. The molecule has 0 radical (unpaired) electrons. The van der Waals surface area contributed by atoms with E-state index in [-0.39, 0.29) is 16.6 Å². The molecule has 1 aliphatic heterocycles. The molecule has 1 unspecified atom stereocenters. The molecule has 1 aromatic heterocycles. The van der Waals surface area contributed by atoms with Crippen LogP contribution in [0.1, 0.15) is 45.5 Å². The van der Waals surface area contributed by atoms with Gasteiger partial charge in [0.05, 0.1) is 11.2 Å². The van der Waals surface area contributed by atoms with Gasteiger partial charge >= 0.3 is 0 Å². The van der Waals surface area contributed by atoms with E-state index >= 15 is 0 Å². The summed E-state index contributed by atoms with van der Waals surface area (Å²) in [5.74, 6) is 2.17. The van der Waals surface area contributed by atoms with E-state index in [2.05, 4.69) is 30.9 Å². The van der Waals surface area contributed by atoms with Gasteiger partial charge in [0.2, 0.25) is 0 Å². The molecule has 1 aromatic rings. The van der Waals surface area contributed by atoms with Crippen LogP contribution >= 0.6 is 11.8 Å². The molecule has 1 fully saturated rings. The van der Waals surface area contributed by atoms with E-state index in [1.807, 2.05) is 4.68 Å². The van der Waals surface area contributed by atoms with Crippen LogP contribution in [0.25, 0.3) is 0 Å². The number of carbonyl (C=O) groups is 1. The van der Waals surface area contributed by atoms with Gasteiger partial charge in [-0.15, -0.1) is 11.8 Å². The highest BCUT2D eigenvalue weighted by atomic mass is 32.2. The highest BCUT2D eigenvalue weighted by Crippen LogP contribution is 2.39. The van der Waals surface area contributed by atoms with Crippen LogP contribution in [0.5, 0.6) is 0 Å². The summed E-state index contributed by atoms with van der Waals surface area (Å²) in [5, 5.41) is 4.16. The van der Waals surface area contributed by atoms with Crippen LogP contribution < -0.4 is 0 Å². The van der Waals surface area contributed by atoms with Gasteiger partial charge in [0.15, 0.2) is 5.78 Å². The predicted molar refractivity (Wildman–Crippen MR) is 69.2 cm³/mol. The summed E-state index contributed by atoms with van der Waals surface area (Å²) in [5.41, 5.74) is 0. The summed E-state index contributed by atoms with van der Waals surface area (Å²) in [4.78, 5) is 16.5. The quantitative estimate of drug-likeness (QED) is 0.826. The summed E-state index contributed by atoms with van der Waals surface area (Å²) in [6, 6.07) is 0.254. The standard InChI is InChI=1S/C12H19N3OS/c1-9(2)15-11(13-8-14-15)7-10(16)12(3)5-4-6-17-12/h8-9H,4-7H2,1-3H3. The van der Waals surface area contributed by atoms with Crippen molar-refractivity contribution in [2.45, 2.75) is 50.8 Å². The van der Waals surface area contributed by atoms with E-state index in [9.17, 15) is 4.79 Å². The molecule has 0 aromatic carbocycles. The van der Waals surface area contributed by atoms with Crippen molar-refractivity contribution in [3.8, 4) is 0 Å².